The van der Waals surface area contributed by atoms with E-state index in [1.54, 1.807) is 0 Å². The molecule has 1 N–H and O–H groups in total. The Balaban J connectivity index is 1.61. The molecule has 0 atom stereocenters. The molecule has 7 rings (SSSR count). The average Bonchev–Trinajstić information content (AvgIpc) is 3.48. The van der Waals surface area contributed by atoms with Gasteiger partial charge in [-0.15, -0.1) is 11.3 Å². The third-order valence-corrected chi connectivity index (χ3v) is 8.17. The fourth-order valence-electron chi connectivity index (χ4n) is 5.37. The molecule has 0 radical (unpaired) electrons. The summed E-state index contributed by atoms with van der Waals surface area (Å²) >= 11 is 1.92. The van der Waals surface area contributed by atoms with Gasteiger partial charge in [-0.25, -0.2) is 0 Å². The molecule has 0 fully saturated rings. The summed E-state index contributed by atoms with van der Waals surface area (Å²) in [5.74, 6) is 0. The Labute approximate surface area is 207 Å². The van der Waals surface area contributed by atoms with E-state index in [4.69, 9.17) is 0 Å². The Kier molecular flexibility index (Phi) is 4.61. The van der Waals surface area contributed by atoms with Crippen LogP contribution in [0, 0.1) is 0 Å². The molecular formula is C33H23NS. The van der Waals surface area contributed by atoms with Crippen LogP contribution in [-0.4, -0.2) is 4.98 Å². The van der Waals surface area contributed by atoms with E-state index in [9.17, 15) is 0 Å². The molecule has 2 heteroatoms. The molecule has 0 amide bonds. The highest BCUT2D eigenvalue weighted by Gasteiger charge is 2.19. The smallest absolute Gasteiger partial charge is 0.0551 e. The zero-order chi connectivity index (χ0) is 23.4. The number of allylic oxidation sites excluding steroid dienone is 3. The first-order valence-electron chi connectivity index (χ1n) is 12.0. The van der Waals surface area contributed by atoms with Crippen LogP contribution in [0.1, 0.15) is 12.5 Å². The first-order chi connectivity index (χ1) is 17.3. The normalized spacial score (nSPS) is 12.5. The van der Waals surface area contributed by atoms with Gasteiger partial charge in [-0.3, -0.25) is 0 Å². The number of thiophene rings is 1. The predicted octanol–water partition coefficient (Wildman–Crippen LogP) is 10.1. The number of aromatic nitrogens is 1. The van der Waals surface area contributed by atoms with Crippen molar-refractivity contribution in [1.82, 2.24) is 4.98 Å². The monoisotopic (exact) mass is 465 g/mol. The minimum absolute atomic E-state index is 1.19. The molecule has 0 aliphatic heterocycles. The lowest BCUT2D eigenvalue weighted by Crippen LogP contribution is -1.80. The minimum atomic E-state index is 1.19. The summed E-state index contributed by atoms with van der Waals surface area (Å²) in [6.07, 6.45) is 8.38. The Hall–Kier alpha value is -4.14. The third-order valence-electron chi connectivity index (χ3n) is 6.90. The summed E-state index contributed by atoms with van der Waals surface area (Å²) in [4.78, 5) is 3.74. The average molecular weight is 466 g/mol. The number of para-hydroxylation sites is 1. The van der Waals surface area contributed by atoms with Crippen LogP contribution in [0.15, 0.2) is 109 Å². The molecule has 0 unspecified atom stereocenters. The molecule has 2 heterocycles. The number of rotatable bonds is 3. The fourth-order valence-corrected chi connectivity index (χ4v) is 6.76. The molecule has 0 bridgehead atoms. The van der Waals surface area contributed by atoms with Crippen LogP contribution in [0.3, 0.4) is 0 Å². The maximum absolute atomic E-state index is 3.74. The molecule has 1 nitrogen and oxygen atoms in total. The quantitative estimate of drug-likeness (QED) is 0.250. The molecule has 2 aromatic heterocycles. The fraction of sp³-hybridized carbons (Fsp3) is 0.0303. The van der Waals surface area contributed by atoms with Crippen molar-refractivity contribution in [3.05, 3.63) is 115 Å². The largest absolute Gasteiger partial charge is 0.354 e. The van der Waals surface area contributed by atoms with Gasteiger partial charge in [-0.05, 0) is 35.7 Å². The number of nitrogens with one attached hydrogen (secondary N) is 1. The van der Waals surface area contributed by atoms with E-state index in [1.165, 1.54) is 69.4 Å². The summed E-state index contributed by atoms with van der Waals surface area (Å²) in [6.45, 7) is 2.04. The molecule has 35 heavy (non-hydrogen) atoms. The maximum Gasteiger partial charge on any atom is 0.0551 e. The van der Waals surface area contributed by atoms with E-state index in [1.807, 2.05) is 24.3 Å². The Morgan fingerprint density at radius 3 is 2.31 bits per heavy atom. The summed E-state index contributed by atoms with van der Waals surface area (Å²) in [5, 5.41) is 7.92. The molecule has 0 saturated carbocycles. The Morgan fingerprint density at radius 1 is 0.657 bits per heavy atom. The predicted molar refractivity (Wildman–Crippen MR) is 155 cm³/mol. The van der Waals surface area contributed by atoms with Crippen LogP contribution in [-0.2, 0) is 0 Å². The van der Waals surface area contributed by atoms with Crippen molar-refractivity contribution in [3.8, 4) is 11.1 Å². The van der Waals surface area contributed by atoms with Crippen molar-refractivity contribution in [1.29, 1.82) is 0 Å². The van der Waals surface area contributed by atoms with E-state index in [0.717, 1.165) is 0 Å². The lowest BCUT2D eigenvalue weighted by molar-refractivity contribution is 1.57. The molecule has 0 spiro atoms. The lowest BCUT2D eigenvalue weighted by atomic mass is 9.97. The lowest BCUT2D eigenvalue weighted by Gasteiger charge is -2.05. The van der Waals surface area contributed by atoms with Crippen molar-refractivity contribution < 1.29 is 0 Å². The van der Waals surface area contributed by atoms with Crippen LogP contribution in [0.4, 0.5) is 0 Å². The first kappa shape index (κ1) is 20.3. The van der Waals surface area contributed by atoms with E-state index in [2.05, 4.69) is 114 Å². The van der Waals surface area contributed by atoms with Crippen LogP contribution < -0.4 is 0 Å². The van der Waals surface area contributed by atoms with Gasteiger partial charge in [0.05, 0.1) is 5.52 Å². The van der Waals surface area contributed by atoms with E-state index in [0.29, 0.717) is 0 Å². The van der Waals surface area contributed by atoms with Gasteiger partial charge in [0.25, 0.3) is 0 Å². The number of H-pyrrole nitrogens is 1. The van der Waals surface area contributed by atoms with Gasteiger partial charge in [0.2, 0.25) is 0 Å². The summed E-state index contributed by atoms with van der Waals surface area (Å²) < 4.78 is 2.71. The molecule has 0 saturated heterocycles. The second-order valence-corrected chi connectivity index (χ2v) is 9.99. The van der Waals surface area contributed by atoms with Crippen LogP contribution in [0.2, 0.25) is 0 Å². The van der Waals surface area contributed by atoms with Gasteiger partial charge in [0, 0.05) is 47.2 Å². The van der Waals surface area contributed by atoms with Crippen LogP contribution in [0.5, 0.6) is 0 Å². The molecule has 5 aromatic carbocycles. The van der Waals surface area contributed by atoms with Crippen LogP contribution >= 0.6 is 11.3 Å². The molecule has 0 aliphatic rings. The van der Waals surface area contributed by atoms with Crippen LogP contribution in [0.25, 0.3) is 70.0 Å². The summed E-state index contributed by atoms with van der Waals surface area (Å²) in [7, 11) is 0. The maximum atomic E-state index is 3.74. The van der Waals surface area contributed by atoms with Crippen molar-refractivity contribution in [2.24, 2.45) is 0 Å². The molecule has 166 valence electrons. The van der Waals surface area contributed by atoms with Gasteiger partial charge in [-0.1, -0.05) is 103 Å². The van der Waals surface area contributed by atoms with Gasteiger partial charge < -0.3 is 4.98 Å². The van der Waals surface area contributed by atoms with E-state index in [-0.39, 0.29) is 0 Å². The summed E-state index contributed by atoms with van der Waals surface area (Å²) in [5.41, 5.74) is 6.18. The Morgan fingerprint density at radius 2 is 1.43 bits per heavy atom. The van der Waals surface area contributed by atoms with Crippen molar-refractivity contribution in [3.63, 3.8) is 0 Å². The zero-order valence-corrected chi connectivity index (χ0v) is 20.2. The number of hydrogen-bond donors (Lipinski definition) is 1. The van der Waals surface area contributed by atoms with Crippen molar-refractivity contribution in [2.45, 2.75) is 6.92 Å². The molecular weight excluding hydrogens is 442 g/mol. The second-order valence-electron chi connectivity index (χ2n) is 8.96. The SMILES string of the molecule is C/C=C\C=C/c1cccc(-c2cccc3c2sc2c4ccccc4c4[nH]c5ccccc5c4c32)c1. The van der Waals surface area contributed by atoms with Gasteiger partial charge in [0.1, 0.15) is 0 Å². The molecule has 0 aliphatic carbocycles. The number of benzene rings is 5. The zero-order valence-electron chi connectivity index (χ0n) is 19.4. The van der Waals surface area contributed by atoms with Crippen molar-refractivity contribution in [2.75, 3.05) is 0 Å². The highest BCUT2D eigenvalue weighted by Crippen LogP contribution is 2.48. The van der Waals surface area contributed by atoms with Crippen molar-refractivity contribution >= 4 is 70.2 Å². The standard InChI is InChI=1S/C33H23NS/c1-2-3-4-11-21-12-9-13-22(20-21)23-17-10-18-27-30-29-26-16-7-8-19-28(26)34-31(29)24-14-5-6-15-25(24)33(30)35-32(23)27/h2-20,34H,1H3/b3-2-,11-4-. The third kappa shape index (κ3) is 3.07. The Bertz CT molecular complexity index is 1960. The number of fused-ring (bicyclic) bond motifs is 10. The van der Waals surface area contributed by atoms with E-state index >= 15 is 0 Å². The van der Waals surface area contributed by atoms with Gasteiger partial charge in [-0.2, -0.15) is 0 Å². The van der Waals surface area contributed by atoms with Gasteiger partial charge >= 0.3 is 0 Å². The summed E-state index contributed by atoms with van der Waals surface area (Å²) in [6, 6.07) is 33.1. The number of hydrogen-bond acceptors (Lipinski definition) is 1. The second kappa shape index (κ2) is 7.97. The molecule has 7 aromatic rings. The number of aromatic amines is 1. The minimum Gasteiger partial charge on any atom is -0.354 e. The van der Waals surface area contributed by atoms with E-state index < -0.39 is 0 Å². The highest BCUT2D eigenvalue weighted by molar-refractivity contribution is 7.27. The topological polar surface area (TPSA) is 15.8 Å². The van der Waals surface area contributed by atoms with Gasteiger partial charge in [0.15, 0.2) is 0 Å². The first-order valence-corrected chi connectivity index (χ1v) is 12.8. The highest BCUT2D eigenvalue weighted by atomic mass is 32.1.